The summed E-state index contributed by atoms with van der Waals surface area (Å²) in [7, 11) is 0. The van der Waals surface area contributed by atoms with E-state index >= 15 is 0 Å². The van der Waals surface area contributed by atoms with Crippen molar-refractivity contribution in [3.8, 4) is 0 Å². The van der Waals surface area contributed by atoms with Crippen molar-refractivity contribution in [2.24, 2.45) is 0 Å². The van der Waals surface area contributed by atoms with Crippen LogP contribution in [0.1, 0.15) is 38.2 Å². The van der Waals surface area contributed by atoms with Gasteiger partial charge in [-0.05, 0) is 44.0 Å². The highest BCUT2D eigenvalue weighted by molar-refractivity contribution is 5.25. The van der Waals surface area contributed by atoms with Gasteiger partial charge in [0.15, 0.2) is 0 Å². The molecular formula is C13H17F2N. The van der Waals surface area contributed by atoms with E-state index in [1.54, 1.807) is 0 Å². The van der Waals surface area contributed by atoms with E-state index in [9.17, 15) is 8.78 Å². The third-order valence-corrected chi connectivity index (χ3v) is 3.37. The molecule has 1 nitrogen and oxygen atoms in total. The molecule has 0 aliphatic carbocycles. The van der Waals surface area contributed by atoms with Crippen LogP contribution in [-0.4, -0.2) is 6.54 Å². The molecule has 3 heteroatoms. The lowest BCUT2D eigenvalue weighted by Gasteiger charge is -2.30. The summed E-state index contributed by atoms with van der Waals surface area (Å²) in [6, 6.07) is 3.78. The average molecular weight is 225 g/mol. The predicted octanol–water partition coefficient (Wildman–Crippen LogP) is 3.34. The quantitative estimate of drug-likeness (QED) is 0.773. The Morgan fingerprint density at radius 3 is 2.44 bits per heavy atom. The molecule has 1 aromatic carbocycles. The molecule has 0 amide bonds. The van der Waals surface area contributed by atoms with Crippen LogP contribution >= 0.6 is 0 Å². The molecule has 0 radical (unpaired) electrons. The number of rotatable bonds is 1. The summed E-state index contributed by atoms with van der Waals surface area (Å²) in [5.74, 6) is -0.996. The molecular weight excluding hydrogens is 208 g/mol. The van der Waals surface area contributed by atoms with E-state index in [0.717, 1.165) is 31.9 Å². The van der Waals surface area contributed by atoms with Gasteiger partial charge in [-0.1, -0.05) is 12.8 Å². The monoisotopic (exact) mass is 225 g/mol. The topological polar surface area (TPSA) is 12.0 Å². The molecule has 0 spiro atoms. The normalized spacial score (nSPS) is 26.4. The fraction of sp³-hybridized carbons (Fsp3) is 0.538. The fourth-order valence-electron chi connectivity index (χ4n) is 2.35. The van der Waals surface area contributed by atoms with Gasteiger partial charge in [0.1, 0.15) is 11.6 Å². The zero-order chi connectivity index (χ0) is 11.6. The molecule has 1 heterocycles. The number of halogens is 2. The molecule has 1 saturated heterocycles. The number of hydrogen-bond acceptors (Lipinski definition) is 1. The first-order valence-corrected chi connectivity index (χ1v) is 5.82. The van der Waals surface area contributed by atoms with Gasteiger partial charge in [0.25, 0.3) is 0 Å². The Kier molecular flexibility index (Phi) is 3.24. The Morgan fingerprint density at radius 2 is 1.75 bits per heavy atom. The minimum absolute atomic E-state index is 0.292. The van der Waals surface area contributed by atoms with Crippen LogP contribution in [0, 0.1) is 11.6 Å². The van der Waals surface area contributed by atoms with E-state index in [-0.39, 0.29) is 5.54 Å². The van der Waals surface area contributed by atoms with Crippen molar-refractivity contribution in [3.63, 3.8) is 0 Å². The Balaban J connectivity index is 2.32. The molecule has 0 aromatic heterocycles. The van der Waals surface area contributed by atoms with Gasteiger partial charge in [0.2, 0.25) is 0 Å². The van der Waals surface area contributed by atoms with Gasteiger partial charge in [-0.3, -0.25) is 0 Å². The highest BCUT2D eigenvalue weighted by Crippen LogP contribution is 2.30. The molecule has 88 valence electrons. The number of hydrogen-bond donors (Lipinski definition) is 1. The molecule has 1 fully saturated rings. The van der Waals surface area contributed by atoms with Crippen molar-refractivity contribution in [3.05, 3.63) is 35.4 Å². The maximum Gasteiger partial charge on any atom is 0.126 e. The van der Waals surface area contributed by atoms with Crippen molar-refractivity contribution >= 4 is 0 Å². The van der Waals surface area contributed by atoms with Gasteiger partial charge < -0.3 is 5.32 Å². The third kappa shape index (κ3) is 2.40. The second kappa shape index (κ2) is 4.50. The highest BCUT2D eigenvalue weighted by atomic mass is 19.1. The lowest BCUT2D eigenvalue weighted by Crippen LogP contribution is -2.38. The number of benzene rings is 1. The summed E-state index contributed by atoms with van der Waals surface area (Å²) in [5.41, 5.74) is 0.423. The lowest BCUT2D eigenvalue weighted by molar-refractivity contribution is 0.356. The van der Waals surface area contributed by atoms with Crippen LogP contribution in [0.5, 0.6) is 0 Å². The van der Waals surface area contributed by atoms with Gasteiger partial charge in [0.05, 0.1) is 0 Å². The summed E-state index contributed by atoms with van der Waals surface area (Å²) in [6.07, 6.45) is 4.34. The molecule has 2 rings (SSSR count). The van der Waals surface area contributed by atoms with E-state index in [0.29, 0.717) is 5.56 Å². The first kappa shape index (κ1) is 11.5. The summed E-state index contributed by atoms with van der Waals surface area (Å²) < 4.78 is 26.4. The molecule has 1 aromatic rings. The van der Waals surface area contributed by atoms with Crippen molar-refractivity contribution in [1.82, 2.24) is 5.32 Å². The number of nitrogens with one attached hydrogen (secondary N) is 1. The van der Waals surface area contributed by atoms with Crippen LogP contribution < -0.4 is 5.32 Å². The summed E-state index contributed by atoms with van der Waals surface area (Å²) in [5, 5.41) is 3.40. The van der Waals surface area contributed by atoms with E-state index < -0.39 is 11.6 Å². The standard InChI is InChI=1S/C13H17F2N/c1-13(5-3-2-4-6-16-13)10-7-11(14)9-12(15)8-10/h7-9,16H,2-6H2,1H3. The zero-order valence-corrected chi connectivity index (χ0v) is 9.52. The fourth-order valence-corrected chi connectivity index (χ4v) is 2.35. The zero-order valence-electron chi connectivity index (χ0n) is 9.52. The van der Waals surface area contributed by atoms with E-state index in [2.05, 4.69) is 5.32 Å². The Hall–Kier alpha value is -0.960. The van der Waals surface area contributed by atoms with Gasteiger partial charge in [-0.25, -0.2) is 8.78 Å². The van der Waals surface area contributed by atoms with Crippen LogP contribution in [0.4, 0.5) is 8.78 Å². The van der Waals surface area contributed by atoms with Crippen LogP contribution in [0.2, 0.25) is 0 Å². The van der Waals surface area contributed by atoms with Crippen LogP contribution in [0.15, 0.2) is 18.2 Å². The second-order valence-electron chi connectivity index (χ2n) is 4.73. The Morgan fingerprint density at radius 1 is 1.06 bits per heavy atom. The maximum atomic E-state index is 13.2. The van der Waals surface area contributed by atoms with Gasteiger partial charge in [-0.2, -0.15) is 0 Å². The minimum Gasteiger partial charge on any atom is -0.308 e. The molecule has 1 unspecified atom stereocenters. The molecule has 0 saturated carbocycles. The Labute approximate surface area is 94.9 Å². The van der Waals surface area contributed by atoms with Crippen LogP contribution in [0.3, 0.4) is 0 Å². The first-order valence-electron chi connectivity index (χ1n) is 5.82. The lowest BCUT2D eigenvalue weighted by atomic mass is 9.87. The van der Waals surface area contributed by atoms with Gasteiger partial charge in [0, 0.05) is 11.6 Å². The van der Waals surface area contributed by atoms with Gasteiger partial charge >= 0.3 is 0 Å². The molecule has 0 bridgehead atoms. The van der Waals surface area contributed by atoms with Crippen LogP contribution in [-0.2, 0) is 5.54 Å². The Bertz CT molecular complexity index is 348. The summed E-state index contributed by atoms with van der Waals surface area (Å²) in [4.78, 5) is 0. The van der Waals surface area contributed by atoms with Gasteiger partial charge in [-0.15, -0.1) is 0 Å². The molecule has 1 N–H and O–H groups in total. The molecule has 1 aliphatic rings. The summed E-state index contributed by atoms with van der Waals surface area (Å²) >= 11 is 0. The van der Waals surface area contributed by atoms with E-state index in [4.69, 9.17) is 0 Å². The molecule has 1 atom stereocenters. The largest absolute Gasteiger partial charge is 0.308 e. The smallest absolute Gasteiger partial charge is 0.126 e. The van der Waals surface area contributed by atoms with Crippen molar-refractivity contribution in [2.75, 3.05) is 6.54 Å². The SMILES string of the molecule is CC1(c2cc(F)cc(F)c2)CCCCCN1. The van der Waals surface area contributed by atoms with E-state index in [1.165, 1.54) is 18.6 Å². The molecule has 1 aliphatic heterocycles. The van der Waals surface area contributed by atoms with Crippen LogP contribution in [0.25, 0.3) is 0 Å². The van der Waals surface area contributed by atoms with Crippen molar-refractivity contribution < 1.29 is 8.78 Å². The predicted molar refractivity (Wildman–Crippen MR) is 60.2 cm³/mol. The molecule has 16 heavy (non-hydrogen) atoms. The van der Waals surface area contributed by atoms with E-state index in [1.807, 2.05) is 6.92 Å². The minimum atomic E-state index is -0.498. The van der Waals surface area contributed by atoms with Crippen molar-refractivity contribution in [2.45, 2.75) is 38.1 Å². The summed E-state index contributed by atoms with van der Waals surface area (Å²) in [6.45, 7) is 2.93. The third-order valence-electron chi connectivity index (χ3n) is 3.37. The average Bonchev–Trinajstić information content (AvgIpc) is 2.43. The first-order chi connectivity index (χ1) is 7.60. The van der Waals surface area contributed by atoms with Crippen molar-refractivity contribution in [1.29, 1.82) is 0 Å². The maximum absolute atomic E-state index is 13.2. The highest BCUT2D eigenvalue weighted by Gasteiger charge is 2.27. The second-order valence-corrected chi connectivity index (χ2v) is 4.73.